The third-order valence-electron chi connectivity index (χ3n) is 2.96. The third-order valence-corrected chi connectivity index (χ3v) is 3.99. The number of aryl methyl sites for hydroxylation is 1. The van der Waals surface area contributed by atoms with Gasteiger partial charge in [0, 0.05) is 11.6 Å². The molecule has 0 saturated carbocycles. The van der Waals surface area contributed by atoms with Crippen LogP contribution in [0.2, 0.25) is 0 Å². The van der Waals surface area contributed by atoms with Crippen LogP contribution in [0.4, 0.5) is 5.00 Å². The standard InChI is InChI=1S/C14H18N2O3S/c1-5-12-16-13(14(15)20-12)8-6-10(18-3)11(19-4)7-9(8)17-2/h6-7H,5,15H2,1-4H3. The summed E-state index contributed by atoms with van der Waals surface area (Å²) in [5, 5.41) is 1.67. The van der Waals surface area contributed by atoms with E-state index >= 15 is 0 Å². The summed E-state index contributed by atoms with van der Waals surface area (Å²) in [6, 6.07) is 3.61. The Morgan fingerprint density at radius 3 is 2.15 bits per heavy atom. The quantitative estimate of drug-likeness (QED) is 0.918. The van der Waals surface area contributed by atoms with Crippen LogP contribution < -0.4 is 19.9 Å². The van der Waals surface area contributed by atoms with E-state index in [4.69, 9.17) is 19.9 Å². The fraction of sp³-hybridized carbons (Fsp3) is 0.357. The van der Waals surface area contributed by atoms with Crippen molar-refractivity contribution < 1.29 is 14.2 Å². The minimum Gasteiger partial charge on any atom is -0.496 e. The van der Waals surface area contributed by atoms with Crippen molar-refractivity contribution in [3.63, 3.8) is 0 Å². The van der Waals surface area contributed by atoms with Gasteiger partial charge >= 0.3 is 0 Å². The second-order valence-electron chi connectivity index (χ2n) is 4.08. The van der Waals surface area contributed by atoms with Gasteiger partial charge in [-0.1, -0.05) is 6.92 Å². The van der Waals surface area contributed by atoms with Crippen molar-refractivity contribution in [2.24, 2.45) is 0 Å². The first kappa shape index (κ1) is 14.5. The van der Waals surface area contributed by atoms with Gasteiger partial charge in [0.25, 0.3) is 0 Å². The van der Waals surface area contributed by atoms with Gasteiger partial charge in [-0.2, -0.15) is 0 Å². The van der Waals surface area contributed by atoms with E-state index in [0.717, 1.165) is 22.7 Å². The molecule has 2 rings (SSSR count). The maximum absolute atomic E-state index is 6.06. The molecular formula is C14H18N2O3S. The van der Waals surface area contributed by atoms with Gasteiger partial charge in [0.05, 0.1) is 26.3 Å². The Morgan fingerprint density at radius 2 is 1.65 bits per heavy atom. The highest BCUT2D eigenvalue weighted by molar-refractivity contribution is 7.16. The van der Waals surface area contributed by atoms with Crippen LogP contribution in [-0.4, -0.2) is 26.3 Å². The van der Waals surface area contributed by atoms with Gasteiger partial charge in [-0.15, -0.1) is 11.3 Å². The van der Waals surface area contributed by atoms with Crippen LogP contribution in [0.3, 0.4) is 0 Å². The van der Waals surface area contributed by atoms with Crippen LogP contribution in [0.25, 0.3) is 11.3 Å². The van der Waals surface area contributed by atoms with E-state index in [1.807, 2.05) is 13.0 Å². The number of anilines is 1. The predicted octanol–water partition coefficient (Wildman–Crippen LogP) is 2.98. The number of methoxy groups -OCH3 is 3. The fourth-order valence-corrected chi connectivity index (χ4v) is 2.72. The Labute approximate surface area is 122 Å². The maximum Gasteiger partial charge on any atom is 0.164 e. The summed E-state index contributed by atoms with van der Waals surface area (Å²) in [5.41, 5.74) is 7.59. The summed E-state index contributed by atoms with van der Waals surface area (Å²) in [7, 11) is 4.79. The van der Waals surface area contributed by atoms with Crippen molar-refractivity contribution in [1.29, 1.82) is 0 Å². The molecular weight excluding hydrogens is 276 g/mol. The maximum atomic E-state index is 6.06. The minimum atomic E-state index is 0.609. The number of nitrogens with two attached hydrogens (primary N) is 1. The first-order chi connectivity index (χ1) is 9.64. The van der Waals surface area contributed by atoms with Crippen LogP contribution in [0.15, 0.2) is 12.1 Å². The third kappa shape index (κ3) is 2.51. The van der Waals surface area contributed by atoms with Gasteiger partial charge in [0.2, 0.25) is 0 Å². The zero-order chi connectivity index (χ0) is 14.7. The second-order valence-corrected chi connectivity index (χ2v) is 5.20. The Kier molecular flexibility index (Phi) is 4.34. The summed E-state index contributed by atoms with van der Waals surface area (Å²) in [4.78, 5) is 4.56. The van der Waals surface area contributed by atoms with E-state index in [1.54, 1.807) is 27.4 Å². The van der Waals surface area contributed by atoms with Gasteiger partial charge in [-0.25, -0.2) is 4.98 Å². The molecule has 5 nitrogen and oxygen atoms in total. The molecule has 2 aromatic rings. The van der Waals surface area contributed by atoms with E-state index < -0.39 is 0 Å². The van der Waals surface area contributed by atoms with Crippen LogP contribution in [0.5, 0.6) is 17.2 Å². The van der Waals surface area contributed by atoms with Gasteiger partial charge < -0.3 is 19.9 Å². The van der Waals surface area contributed by atoms with Crippen molar-refractivity contribution >= 4 is 16.3 Å². The van der Waals surface area contributed by atoms with Crippen molar-refractivity contribution in [2.45, 2.75) is 13.3 Å². The molecule has 1 heterocycles. The van der Waals surface area contributed by atoms with Crippen molar-refractivity contribution in [3.05, 3.63) is 17.1 Å². The molecule has 1 aromatic heterocycles. The SMILES string of the molecule is CCc1nc(-c2cc(OC)c(OC)cc2OC)c(N)s1. The number of hydrogen-bond acceptors (Lipinski definition) is 6. The van der Waals surface area contributed by atoms with E-state index in [0.29, 0.717) is 22.2 Å². The number of thiazole rings is 1. The molecule has 0 aliphatic heterocycles. The monoisotopic (exact) mass is 294 g/mol. The summed E-state index contributed by atoms with van der Waals surface area (Å²) in [6.07, 6.45) is 0.852. The molecule has 0 amide bonds. The van der Waals surface area contributed by atoms with Gasteiger partial charge in [-0.3, -0.25) is 0 Å². The van der Waals surface area contributed by atoms with Crippen molar-refractivity contribution in [3.8, 4) is 28.5 Å². The Bertz CT molecular complexity index is 611. The molecule has 0 atom stereocenters. The summed E-state index contributed by atoms with van der Waals surface area (Å²) in [6.45, 7) is 2.05. The van der Waals surface area contributed by atoms with Gasteiger partial charge in [-0.05, 0) is 12.5 Å². The van der Waals surface area contributed by atoms with E-state index in [1.165, 1.54) is 11.3 Å². The zero-order valence-corrected chi connectivity index (χ0v) is 12.8. The molecule has 2 N–H and O–H groups in total. The van der Waals surface area contributed by atoms with E-state index in [-0.39, 0.29) is 0 Å². The number of hydrogen-bond donors (Lipinski definition) is 1. The Hall–Kier alpha value is -1.95. The fourth-order valence-electron chi connectivity index (χ4n) is 1.94. The summed E-state index contributed by atoms with van der Waals surface area (Å²) < 4.78 is 16.0. The van der Waals surface area contributed by atoms with E-state index in [2.05, 4.69) is 4.98 Å². The number of nitrogen functional groups attached to an aromatic ring is 1. The summed E-state index contributed by atoms with van der Waals surface area (Å²) in [5.74, 6) is 1.88. The second kappa shape index (κ2) is 6.00. The lowest BCUT2D eigenvalue weighted by molar-refractivity contribution is 0.349. The molecule has 0 saturated heterocycles. The first-order valence-corrected chi connectivity index (χ1v) is 7.01. The highest BCUT2D eigenvalue weighted by Gasteiger charge is 2.18. The van der Waals surface area contributed by atoms with Crippen molar-refractivity contribution in [2.75, 3.05) is 27.1 Å². The Morgan fingerprint density at radius 1 is 1.05 bits per heavy atom. The molecule has 0 radical (unpaired) electrons. The van der Waals surface area contributed by atoms with E-state index in [9.17, 15) is 0 Å². The number of nitrogens with zero attached hydrogens (tertiary/aromatic N) is 1. The lowest BCUT2D eigenvalue weighted by Gasteiger charge is -2.13. The largest absolute Gasteiger partial charge is 0.496 e. The highest BCUT2D eigenvalue weighted by Crippen LogP contribution is 2.42. The lowest BCUT2D eigenvalue weighted by Crippen LogP contribution is -1.96. The average Bonchev–Trinajstić information content (AvgIpc) is 2.86. The smallest absolute Gasteiger partial charge is 0.164 e. The highest BCUT2D eigenvalue weighted by atomic mass is 32.1. The number of ether oxygens (including phenoxy) is 3. The molecule has 0 fully saturated rings. The molecule has 0 unspecified atom stereocenters. The van der Waals surface area contributed by atoms with Crippen LogP contribution >= 0.6 is 11.3 Å². The topological polar surface area (TPSA) is 66.6 Å². The number of benzene rings is 1. The zero-order valence-electron chi connectivity index (χ0n) is 12.0. The molecule has 0 spiro atoms. The Balaban J connectivity index is 2.62. The molecule has 6 heteroatoms. The molecule has 20 heavy (non-hydrogen) atoms. The van der Waals surface area contributed by atoms with Gasteiger partial charge in [0.1, 0.15) is 16.4 Å². The first-order valence-electron chi connectivity index (χ1n) is 6.20. The molecule has 1 aromatic carbocycles. The summed E-state index contributed by atoms with van der Waals surface area (Å²) >= 11 is 1.49. The normalized spacial score (nSPS) is 10.4. The lowest BCUT2D eigenvalue weighted by atomic mass is 10.1. The molecule has 0 bridgehead atoms. The minimum absolute atomic E-state index is 0.609. The van der Waals surface area contributed by atoms with Crippen molar-refractivity contribution in [1.82, 2.24) is 4.98 Å². The molecule has 108 valence electrons. The van der Waals surface area contributed by atoms with Crippen LogP contribution in [0.1, 0.15) is 11.9 Å². The molecule has 0 aliphatic carbocycles. The number of rotatable bonds is 5. The van der Waals surface area contributed by atoms with Crippen LogP contribution in [0, 0.1) is 0 Å². The predicted molar refractivity (Wildman–Crippen MR) is 81.0 cm³/mol. The molecule has 0 aliphatic rings. The van der Waals surface area contributed by atoms with Gasteiger partial charge in [0.15, 0.2) is 11.5 Å². The number of aromatic nitrogens is 1. The average molecular weight is 294 g/mol. The van der Waals surface area contributed by atoms with Crippen LogP contribution in [-0.2, 0) is 6.42 Å².